The van der Waals surface area contributed by atoms with E-state index in [9.17, 15) is 4.39 Å². The summed E-state index contributed by atoms with van der Waals surface area (Å²) in [6.45, 7) is 0.576. The molecule has 0 amide bonds. The molecule has 0 aliphatic carbocycles. The molecular formula is C14H13FN4O. The van der Waals surface area contributed by atoms with Crippen LogP contribution in [0.5, 0.6) is 0 Å². The average Bonchev–Trinajstić information content (AvgIpc) is 2.94. The zero-order valence-electron chi connectivity index (χ0n) is 10.6. The van der Waals surface area contributed by atoms with Gasteiger partial charge in [-0.3, -0.25) is 0 Å². The molecular weight excluding hydrogens is 259 g/mol. The third-order valence-corrected chi connectivity index (χ3v) is 3.11. The van der Waals surface area contributed by atoms with E-state index in [2.05, 4.69) is 15.6 Å². The molecule has 0 saturated carbocycles. The zero-order chi connectivity index (χ0) is 13.9. The highest BCUT2D eigenvalue weighted by atomic mass is 19.1. The lowest BCUT2D eigenvalue weighted by molar-refractivity contribution is 0.316. The average molecular weight is 272 g/mol. The number of halogens is 1. The molecule has 1 heterocycles. The lowest BCUT2D eigenvalue weighted by Gasteiger charge is -2.07. The molecule has 0 unspecified atom stereocenters. The molecule has 0 spiro atoms. The number of nitrogens with two attached hydrogens (primary N) is 1. The van der Waals surface area contributed by atoms with E-state index in [1.165, 1.54) is 6.07 Å². The van der Waals surface area contributed by atoms with Crippen LogP contribution in [0.2, 0.25) is 0 Å². The molecule has 0 bridgehead atoms. The van der Waals surface area contributed by atoms with Gasteiger partial charge in [0.2, 0.25) is 0 Å². The number of hydrogen-bond donors (Lipinski definition) is 2. The number of fused-ring (bicyclic) bond motifs is 1. The third kappa shape index (κ3) is 2.27. The zero-order valence-corrected chi connectivity index (χ0v) is 10.6. The lowest BCUT2D eigenvalue weighted by Crippen LogP contribution is -2.06. The molecule has 3 N–H and O–H groups in total. The van der Waals surface area contributed by atoms with Gasteiger partial charge in [0.05, 0.1) is 11.4 Å². The van der Waals surface area contributed by atoms with Crippen LogP contribution in [-0.2, 0) is 6.42 Å². The highest BCUT2D eigenvalue weighted by Crippen LogP contribution is 2.25. The van der Waals surface area contributed by atoms with Crippen molar-refractivity contribution in [1.29, 1.82) is 0 Å². The van der Waals surface area contributed by atoms with Crippen molar-refractivity contribution >= 4 is 22.4 Å². The first-order chi connectivity index (χ1) is 9.75. The molecule has 0 radical (unpaired) electrons. The first-order valence-corrected chi connectivity index (χ1v) is 6.24. The van der Waals surface area contributed by atoms with Gasteiger partial charge >= 0.3 is 0 Å². The standard InChI is InChI=1S/C14H13FN4O/c15-10-4-2-1-3-9(10)7-8-17-12-6-5-11(16)13-14(12)19-20-18-13/h1-6,17H,7-8,16H2. The largest absolute Gasteiger partial charge is 0.397 e. The molecule has 6 heteroatoms. The van der Waals surface area contributed by atoms with Crippen molar-refractivity contribution < 1.29 is 9.02 Å². The fourth-order valence-electron chi connectivity index (χ4n) is 2.06. The lowest BCUT2D eigenvalue weighted by atomic mass is 10.1. The summed E-state index contributed by atoms with van der Waals surface area (Å²) in [6.07, 6.45) is 0.573. The van der Waals surface area contributed by atoms with E-state index in [4.69, 9.17) is 10.4 Å². The summed E-state index contributed by atoms with van der Waals surface area (Å²) in [6, 6.07) is 10.3. The maximum absolute atomic E-state index is 13.5. The first kappa shape index (κ1) is 12.4. The van der Waals surface area contributed by atoms with Crippen molar-refractivity contribution in [1.82, 2.24) is 10.3 Å². The molecule has 0 saturated heterocycles. The van der Waals surface area contributed by atoms with Crippen LogP contribution < -0.4 is 11.1 Å². The summed E-state index contributed by atoms with van der Waals surface area (Å²) in [4.78, 5) is 0. The van der Waals surface area contributed by atoms with Crippen LogP contribution >= 0.6 is 0 Å². The van der Waals surface area contributed by atoms with Gasteiger partial charge in [0.15, 0.2) is 11.0 Å². The minimum Gasteiger partial charge on any atom is -0.397 e. The smallest absolute Gasteiger partial charge is 0.160 e. The van der Waals surface area contributed by atoms with E-state index < -0.39 is 0 Å². The Morgan fingerprint density at radius 1 is 1.10 bits per heavy atom. The monoisotopic (exact) mass is 272 g/mol. The fourth-order valence-corrected chi connectivity index (χ4v) is 2.06. The fraction of sp³-hybridized carbons (Fsp3) is 0.143. The molecule has 0 fully saturated rings. The quantitative estimate of drug-likeness (QED) is 0.714. The van der Waals surface area contributed by atoms with Crippen molar-refractivity contribution in [3.63, 3.8) is 0 Å². The Morgan fingerprint density at radius 3 is 2.75 bits per heavy atom. The van der Waals surface area contributed by atoms with Crippen molar-refractivity contribution in [2.24, 2.45) is 0 Å². The van der Waals surface area contributed by atoms with Gasteiger partial charge in [-0.2, -0.15) is 0 Å². The number of hydrogen-bond acceptors (Lipinski definition) is 5. The van der Waals surface area contributed by atoms with Crippen molar-refractivity contribution in [2.45, 2.75) is 6.42 Å². The Bertz CT molecular complexity index is 741. The molecule has 3 aromatic rings. The molecule has 0 atom stereocenters. The molecule has 3 rings (SSSR count). The molecule has 102 valence electrons. The van der Waals surface area contributed by atoms with Gasteiger partial charge in [-0.05, 0) is 40.5 Å². The summed E-state index contributed by atoms with van der Waals surface area (Å²) in [5.41, 5.74) is 8.84. The van der Waals surface area contributed by atoms with Gasteiger partial charge in [-0.1, -0.05) is 18.2 Å². The van der Waals surface area contributed by atoms with Crippen LogP contribution in [0.15, 0.2) is 41.0 Å². The topological polar surface area (TPSA) is 77.0 Å². The van der Waals surface area contributed by atoms with E-state index in [1.54, 1.807) is 18.2 Å². The van der Waals surface area contributed by atoms with E-state index in [0.29, 0.717) is 35.2 Å². The summed E-state index contributed by atoms with van der Waals surface area (Å²) >= 11 is 0. The Hall–Kier alpha value is -2.63. The Balaban J connectivity index is 1.73. The second-order valence-corrected chi connectivity index (χ2v) is 4.43. The molecule has 5 nitrogen and oxygen atoms in total. The van der Waals surface area contributed by atoms with Crippen LogP contribution in [0.3, 0.4) is 0 Å². The van der Waals surface area contributed by atoms with Gasteiger partial charge in [-0.25, -0.2) is 9.02 Å². The normalized spacial score (nSPS) is 10.8. The highest BCUT2D eigenvalue weighted by molar-refractivity contribution is 5.94. The third-order valence-electron chi connectivity index (χ3n) is 3.11. The van der Waals surface area contributed by atoms with Crippen LogP contribution in [0.25, 0.3) is 11.0 Å². The van der Waals surface area contributed by atoms with Gasteiger partial charge in [0.25, 0.3) is 0 Å². The van der Waals surface area contributed by atoms with Crippen LogP contribution in [-0.4, -0.2) is 16.9 Å². The number of anilines is 2. The van der Waals surface area contributed by atoms with Crippen molar-refractivity contribution in [3.05, 3.63) is 47.8 Å². The van der Waals surface area contributed by atoms with Crippen LogP contribution in [0.4, 0.5) is 15.8 Å². The Labute approximate surface area is 114 Å². The van der Waals surface area contributed by atoms with Gasteiger partial charge in [-0.15, -0.1) is 0 Å². The second-order valence-electron chi connectivity index (χ2n) is 4.43. The van der Waals surface area contributed by atoms with Crippen LogP contribution in [0, 0.1) is 5.82 Å². The van der Waals surface area contributed by atoms with Gasteiger partial charge < -0.3 is 11.1 Å². The molecule has 0 aliphatic heterocycles. The second kappa shape index (κ2) is 5.16. The maximum atomic E-state index is 13.5. The predicted octanol–water partition coefficient (Wildman–Crippen LogP) is 2.60. The Kier molecular flexibility index (Phi) is 3.20. The number of nitrogen functional groups attached to an aromatic ring is 1. The van der Waals surface area contributed by atoms with Crippen molar-refractivity contribution in [2.75, 3.05) is 17.6 Å². The molecule has 0 aliphatic rings. The number of benzene rings is 2. The molecule has 1 aromatic heterocycles. The Morgan fingerprint density at radius 2 is 1.90 bits per heavy atom. The number of nitrogens with one attached hydrogen (secondary N) is 1. The highest BCUT2D eigenvalue weighted by Gasteiger charge is 2.09. The summed E-state index contributed by atoms with van der Waals surface area (Å²) in [7, 11) is 0. The van der Waals surface area contributed by atoms with E-state index >= 15 is 0 Å². The number of rotatable bonds is 4. The van der Waals surface area contributed by atoms with Crippen molar-refractivity contribution in [3.8, 4) is 0 Å². The van der Waals surface area contributed by atoms with Crippen LogP contribution in [0.1, 0.15) is 5.56 Å². The summed E-state index contributed by atoms with van der Waals surface area (Å²) in [5, 5.41) is 10.8. The number of nitrogens with zero attached hydrogens (tertiary/aromatic N) is 2. The molecule has 20 heavy (non-hydrogen) atoms. The summed E-state index contributed by atoms with van der Waals surface area (Å²) in [5.74, 6) is -0.195. The van der Waals surface area contributed by atoms with Gasteiger partial charge in [0, 0.05) is 6.54 Å². The number of aromatic nitrogens is 2. The first-order valence-electron chi connectivity index (χ1n) is 6.24. The minimum absolute atomic E-state index is 0.195. The predicted molar refractivity (Wildman–Crippen MR) is 74.8 cm³/mol. The van der Waals surface area contributed by atoms with E-state index in [0.717, 1.165) is 5.69 Å². The van der Waals surface area contributed by atoms with Gasteiger partial charge in [0.1, 0.15) is 5.82 Å². The SMILES string of the molecule is Nc1ccc(NCCc2ccccc2F)c2nonc12. The summed E-state index contributed by atoms with van der Waals surface area (Å²) < 4.78 is 18.2. The minimum atomic E-state index is -0.195. The van der Waals surface area contributed by atoms with E-state index in [-0.39, 0.29) is 5.82 Å². The molecule has 2 aromatic carbocycles. The van der Waals surface area contributed by atoms with E-state index in [1.807, 2.05) is 12.1 Å². The maximum Gasteiger partial charge on any atom is 0.160 e.